The minimum absolute atomic E-state index is 0.0849. The highest BCUT2D eigenvalue weighted by atomic mass is 16.6. The average molecular weight is 669 g/mol. The Kier molecular flexibility index (Phi) is 21.6. The summed E-state index contributed by atoms with van der Waals surface area (Å²) in [6.07, 6.45) is 3.91. The molecule has 0 heterocycles. The summed E-state index contributed by atoms with van der Waals surface area (Å²) in [5.41, 5.74) is 1.68. The summed E-state index contributed by atoms with van der Waals surface area (Å²) in [6, 6.07) is 17.0. The summed E-state index contributed by atoms with van der Waals surface area (Å²) < 4.78 is 10.7. The SMILES string of the molecule is CCCNCCCNC(=O)[C@H](CCCC[C@H](NC(=O)OCc1ccccc1)C(=O)NCCCNCCC)NC(=O)OCc1ccccc1. The molecule has 4 amide bonds. The Balaban J connectivity index is 1.93. The van der Waals surface area contributed by atoms with Gasteiger partial charge in [0.05, 0.1) is 0 Å². The molecular formula is C36H56N6O6. The molecule has 6 N–H and O–H groups in total. The minimum Gasteiger partial charge on any atom is -0.445 e. The first-order valence-corrected chi connectivity index (χ1v) is 17.3. The molecule has 0 aliphatic carbocycles. The Hall–Kier alpha value is -4.16. The number of benzene rings is 2. The summed E-state index contributed by atoms with van der Waals surface area (Å²) in [7, 11) is 0. The maximum atomic E-state index is 13.1. The van der Waals surface area contributed by atoms with Crippen LogP contribution < -0.4 is 31.9 Å². The Bertz CT molecular complexity index is 1080. The zero-order valence-corrected chi connectivity index (χ0v) is 28.7. The molecule has 266 valence electrons. The Labute approximate surface area is 285 Å². The first-order valence-electron chi connectivity index (χ1n) is 17.3. The molecule has 0 aromatic heterocycles. The van der Waals surface area contributed by atoms with Gasteiger partial charge in [0.1, 0.15) is 25.3 Å². The molecule has 48 heavy (non-hydrogen) atoms. The van der Waals surface area contributed by atoms with Crippen LogP contribution in [0.1, 0.15) is 76.3 Å². The fraction of sp³-hybridized carbons (Fsp3) is 0.556. The number of amides is 4. The number of alkyl carbamates (subject to hydrolysis) is 2. The lowest BCUT2D eigenvalue weighted by Crippen LogP contribution is -2.48. The van der Waals surface area contributed by atoms with Gasteiger partial charge in [0, 0.05) is 13.1 Å². The smallest absolute Gasteiger partial charge is 0.408 e. The molecule has 0 fully saturated rings. The normalized spacial score (nSPS) is 12.0. The summed E-state index contributed by atoms with van der Waals surface area (Å²) >= 11 is 0. The van der Waals surface area contributed by atoms with Crippen LogP contribution >= 0.6 is 0 Å². The van der Waals surface area contributed by atoms with Crippen LogP contribution in [0.15, 0.2) is 60.7 Å². The van der Waals surface area contributed by atoms with E-state index in [1.807, 2.05) is 60.7 Å². The Morgan fingerprint density at radius 3 is 1.31 bits per heavy atom. The van der Waals surface area contributed by atoms with Crippen molar-refractivity contribution < 1.29 is 28.7 Å². The van der Waals surface area contributed by atoms with Gasteiger partial charge in [0.2, 0.25) is 11.8 Å². The van der Waals surface area contributed by atoms with E-state index in [2.05, 4.69) is 45.7 Å². The third-order valence-electron chi connectivity index (χ3n) is 7.39. The van der Waals surface area contributed by atoms with E-state index in [0.29, 0.717) is 38.8 Å². The largest absolute Gasteiger partial charge is 0.445 e. The molecule has 12 nitrogen and oxygen atoms in total. The number of carbonyl (C=O) groups is 4. The van der Waals surface area contributed by atoms with Crippen LogP contribution in [0.4, 0.5) is 9.59 Å². The van der Waals surface area contributed by atoms with E-state index in [1.165, 1.54) is 0 Å². The third kappa shape index (κ3) is 18.9. The van der Waals surface area contributed by atoms with E-state index < -0.39 is 24.3 Å². The zero-order valence-electron chi connectivity index (χ0n) is 28.7. The number of hydrogen-bond donors (Lipinski definition) is 6. The van der Waals surface area contributed by atoms with Crippen LogP contribution in [-0.4, -0.2) is 75.4 Å². The molecule has 0 radical (unpaired) electrons. The first kappa shape index (κ1) is 40.0. The van der Waals surface area contributed by atoms with Gasteiger partial charge < -0.3 is 41.4 Å². The van der Waals surface area contributed by atoms with E-state index in [1.54, 1.807) is 0 Å². The first-order chi connectivity index (χ1) is 23.4. The standard InChI is InChI=1S/C36H56N6O6/c1-3-21-37-23-13-25-39-33(43)31(41-35(45)47-27-29-15-7-5-8-16-29)19-11-12-20-32(34(44)40-26-14-24-38-22-4-2)42-36(46)48-28-30-17-9-6-10-18-30/h5-10,15-18,31-32,37-38H,3-4,11-14,19-28H2,1-2H3,(H,39,43)(H,40,44)(H,41,45)(H,42,46)/t31-,32-/m0/s1. The molecule has 2 atom stereocenters. The molecule has 0 spiro atoms. The van der Waals surface area contributed by atoms with E-state index in [4.69, 9.17) is 9.47 Å². The van der Waals surface area contributed by atoms with E-state index in [0.717, 1.165) is 63.0 Å². The summed E-state index contributed by atoms with van der Waals surface area (Å²) in [6.45, 7) is 8.70. The van der Waals surface area contributed by atoms with Crippen molar-refractivity contribution >= 4 is 24.0 Å². The number of rotatable bonds is 25. The quantitative estimate of drug-likeness (QED) is 0.0862. The van der Waals surface area contributed by atoms with Gasteiger partial charge in [0.25, 0.3) is 0 Å². The predicted molar refractivity (Wildman–Crippen MR) is 187 cm³/mol. The van der Waals surface area contributed by atoms with Crippen LogP contribution in [0.3, 0.4) is 0 Å². The van der Waals surface area contributed by atoms with E-state index in [9.17, 15) is 19.2 Å². The molecule has 0 bridgehead atoms. The molecule has 2 rings (SSSR count). The van der Waals surface area contributed by atoms with Crippen molar-refractivity contribution in [3.8, 4) is 0 Å². The van der Waals surface area contributed by atoms with Crippen molar-refractivity contribution in [2.45, 2.75) is 90.5 Å². The minimum atomic E-state index is -0.816. The van der Waals surface area contributed by atoms with Gasteiger partial charge >= 0.3 is 12.2 Å². The molecule has 2 aromatic rings. The fourth-order valence-electron chi connectivity index (χ4n) is 4.75. The molecule has 12 heteroatoms. The van der Waals surface area contributed by atoms with Gasteiger partial charge in [-0.1, -0.05) is 87.4 Å². The molecule has 0 saturated heterocycles. The van der Waals surface area contributed by atoms with Crippen molar-refractivity contribution in [2.24, 2.45) is 0 Å². The van der Waals surface area contributed by atoms with Crippen molar-refractivity contribution in [1.29, 1.82) is 0 Å². The molecule has 0 unspecified atom stereocenters. The van der Waals surface area contributed by atoms with Crippen molar-refractivity contribution in [1.82, 2.24) is 31.9 Å². The van der Waals surface area contributed by atoms with Crippen molar-refractivity contribution in [3.63, 3.8) is 0 Å². The van der Waals surface area contributed by atoms with Crippen LogP contribution in [0.2, 0.25) is 0 Å². The van der Waals surface area contributed by atoms with Crippen LogP contribution in [0, 0.1) is 0 Å². The highest BCUT2D eigenvalue weighted by Crippen LogP contribution is 2.10. The number of hydrogen-bond acceptors (Lipinski definition) is 8. The lowest BCUT2D eigenvalue weighted by Gasteiger charge is -2.20. The van der Waals surface area contributed by atoms with Crippen LogP contribution in [-0.2, 0) is 32.3 Å². The molecular weight excluding hydrogens is 612 g/mol. The zero-order chi connectivity index (χ0) is 34.7. The Morgan fingerprint density at radius 1 is 0.542 bits per heavy atom. The Morgan fingerprint density at radius 2 is 0.938 bits per heavy atom. The van der Waals surface area contributed by atoms with E-state index in [-0.39, 0.29) is 25.0 Å². The maximum Gasteiger partial charge on any atom is 0.408 e. The van der Waals surface area contributed by atoms with Gasteiger partial charge in [0.15, 0.2) is 0 Å². The topological polar surface area (TPSA) is 159 Å². The third-order valence-corrected chi connectivity index (χ3v) is 7.39. The van der Waals surface area contributed by atoms with Crippen LogP contribution in [0.25, 0.3) is 0 Å². The average Bonchev–Trinajstić information content (AvgIpc) is 3.10. The van der Waals surface area contributed by atoms with Crippen LogP contribution in [0.5, 0.6) is 0 Å². The van der Waals surface area contributed by atoms with Gasteiger partial charge in [-0.25, -0.2) is 9.59 Å². The number of nitrogens with one attached hydrogen (secondary N) is 6. The van der Waals surface area contributed by atoms with Gasteiger partial charge in [-0.15, -0.1) is 0 Å². The molecule has 0 saturated carbocycles. The number of ether oxygens (including phenoxy) is 2. The van der Waals surface area contributed by atoms with Gasteiger partial charge in [-0.3, -0.25) is 9.59 Å². The fourth-order valence-corrected chi connectivity index (χ4v) is 4.75. The lowest BCUT2D eigenvalue weighted by molar-refractivity contribution is -0.124. The molecule has 0 aliphatic heterocycles. The second-order valence-corrected chi connectivity index (χ2v) is 11.6. The number of unbranched alkanes of at least 4 members (excludes halogenated alkanes) is 1. The predicted octanol–water partition coefficient (Wildman–Crippen LogP) is 4.15. The molecule has 2 aromatic carbocycles. The highest BCUT2D eigenvalue weighted by Gasteiger charge is 2.24. The lowest BCUT2D eigenvalue weighted by atomic mass is 10.0. The summed E-state index contributed by atoms with van der Waals surface area (Å²) in [5.74, 6) is -0.591. The second kappa shape index (κ2) is 25.9. The van der Waals surface area contributed by atoms with Gasteiger partial charge in [-0.2, -0.15) is 0 Å². The van der Waals surface area contributed by atoms with Crippen molar-refractivity contribution in [3.05, 3.63) is 71.8 Å². The monoisotopic (exact) mass is 668 g/mol. The van der Waals surface area contributed by atoms with Gasteiger partial charge in [-0.05, 0) is 75.8 Å². The number of carbonyl (C=O) groups excluding carboxylic acids is 4. The van der Waals surface area contributed by atoms with Crippen molar-refractivity contribution in [2.75, 3.05) is 39.3 Å². The van der Waals surface area contributed by atoms with E-state index >= 15 is 0 Å². The summed E-state index contributed by atoms with van der Waals surface area (Å²) in [5, 5.41) is 17.8. The molecule has 0 aliphatic rings. The summed E-state index contributed by atoms with van der Waals surface area (Å²) in [4.78, 5) is 51.4. The second-order valence-electron chi connectivity index (χ2n) is 11.6. The maximum absolute atomic E-state index is 13.1. The highest BCUT2D eigenvalue weighted by molar-refractivity contribution is 5.86.